The minimum atomic E-state index is -4.31. The number of carboxylic acid groups (broad SMARTS) is 1. The van der Waals surface area contributed by atoms with E-state index in [9.17, 15) is 27.9 Å². The van der Waals surface area contributed by atoms with Crippen LogP contribution in [-0.4, -0.2) is 54.4 Å². The lowest BCUT2D eigenvalue weighted by Gasteiger charge is -2.33. The highest BCUT2D eigenvalue weighted by molar-refractivity contribution is 8.00. The number of amides is 1. The smallest absolute Gasteiger partial charge is 0.397 e. The quantitative estimate of drug-likeness (QED) is 0.772. The maximum absolute atomic E-state index is 11.9. The summed E-state index contributed by atoms with van der Waals surface area (Å²) < 4.78 is 40.8. The van der Waals surface area contributed by atoms with Gasteiger partial charge in [-0.15, -0.1) is 11.8 Å². The first-order valence-corrected chi connectivity index (χ1v) is 7.13. The van der Waals surface area contributed by atoms with E-state index in [1.807, 2.05) is 0 Å². The fourth-order valence-corrected chi connectivity index (χ4v) is 2.43. The summed E-state index contributed by atoms with van der Waals surface area (Å²) in [5, 5.41) is 11.6. The van der Waals surface area contributed by atoms with Crippen LogP contribution in [0.15, 0.2) is 0 Å². The molecule has 1 heterocycles. The molecule has 0 unspecified atom stereocenters. The van der Waals surface area contributed by atoms with Crippen LogP contribution in [0.4, 0.5) is 13.2 Å². The van der Waals surface area contributed by atoms with Crippen molar-refractivity contribution in [1.82, 2.24) is 5.32 Å². The second-order valence-corrected chi connectivity index (χ2v) is 5.57. The SMILES string of the molecule is O=C(CSCC(F)(F)F)NCC1(C(=O)O)CCOCC1. The number of hydrogen-bond acceptors (Lipinski definition) is 4. The lowest BCUT2D eigenvalue weighted by atomic mass is 9.80. The Labute approximate surface area is 118 Å². The number of nitrogens with one attached hydrogen (secondary N) is 1. The molecule has 0 aromatic carbocycles. The zero-order chi connectivity index (χ0) is 15.2. The first-order valence-electron chi connectivity index (χ1n) is 5.97. The predicted octanol–water partition coefficient (Wildman–Crippen LogP) is 1.28. The summed E-state index contributed by atoms with van der Waals surface area (Å²) in [7, 11) is 0. The zero-order valence-electron chi connectivity index (χ0n) is 10.7. The Bertz CT molecular complexity index is 356. The summed E-state index contributed by atoms with van der Waals surface area (Å²) in [5.41, 5.74) is -1.08. The van der Waals surface area contributed by atoms with E-state index in [0.29, 0.717) is 25.0 Å². The Morgan fingerprint density at radius 3 is 2.40 bits per heavy atom. The van der Waals surface area contributed by atoms with E-state index >= 15 is 0 Å². The van der Waals surface area contributed by atoms with E-state index in [4.69, 9.17) is 4.74 Å². The molecule has 1 saturated heterocycles. The van der Waals surface area contributed by atoms with Crippen molar-refractivity contribution >= 4 is 23.6 Å². The fraction of sp³-hybridized carbons (Fsp3) is 0.818. The highest BCUT2D eigenvalue weighted by atomic mass is 32.2. The molecule has 2 N–H and O–H groups in total. The third-order valence-electron chi connectivity index (χ3n) is 3.03. The van der Waals surface area contributed by atoms with Crippen LogP contribution in [0, 0.1) is 5.41 Å². The topological polar surface area (TPSA) is 75.6 Å². The van der Waals surface area contributed by atoms with Gasteiger partial charge in [0.15, 0.2) is 0 Å². The number of halogens is 3. The lowest BCUT2D eigenvalue weighted by Crippen LogP contribution is -2.47. The average Bonchev–Trinajstić information content (AvgIpc) is 2.36. The summed E-state index contributed by atoms with van der Waals surface area (Å²) in [6.07, 6.45) is -3.76. The van der Waals surface area contributed by atoms with Gasteiger partial charge < -0.3 is 15.2 Å². The second kappa shape index (κ2) is 7.16. The van der Waals surface area contributed by atoms with Gasteiger partial charge in [0.1, 0.15) is 0 Å². The number of rotatable bonds is 6. The Morgan fingerprint density at radius 2 is 1.90 bits per heavy atom. The van der Waals surface area contributed by atoms with Crippen molar-refractivity contribution < 1.29 is 32.6 Å². The molecule has 0 aromatic rings. The molecule has 1 fully saturated rings. The van der Waals surface area contributed by atoms with Crippen LogP contribution in [0.2, 0.25) is 0 Å². The Kier molecular flexibility index (Phi) is 6.12. The van der Waals surface area contributed by atoms with Crippen LogP contribution in [0.5, 0.6) is 0 Å². The molecule has 0 spiro atoms. The monoisotopic (exact) mass is 315 g/mol. The number of carbonyl (C=O) groups excluding carboxylic acids is 1. The molecular formula is C11H16F3NO4S. The van der Waals surface area contributed by atoms with Crippen molar-refractivity contribution in [1.29, 1.82) is 0 Å². The molecule has 0 atom stereocenters. The number of thioether (sulfide) groups is 1. The standard InChI is InChI=1S/C11H16F3NO4S/c12-11(13,14)7-20-5-8(16)15-6-10(9(17)18)1-3-19-4-2-10/h1-7H2,(H,15,16)(H,17,18). The van der Waals surface area contributed by atoms with Gasteiger partial charge >= 0.3 is 12.1 Å². The van der Waals surface area contributed by atoms with Gasteiger partial charge in [-0.25, -0.2) is 0 Å². The van der Waals surface area contributed by atoms with Crippen LogP contribution in [0.3, 0.4) is 0 Å². The Balaban J connectivity index is 2.36. The van der Waals surface area contributed by atoms with Gasteiger partial charge in [-0.05, 0) is 12.8 Å². The molecule has 5 nitrogen and oxygen atoms in total. The van der Waals surface area contributed by atoms with Crippen molar-refractivity contribution in [2.45, 2.75) is 19.0 Å². The summed E-state index contributed by atoms with van der Waals surface area (Å²) in [6, 6.07) is 0. The number of hydrogen-bond donors (Lipinski definition) is 2. The fourth-order valence-electron chi connectivity index (χ4n) is 1.81. The van der Waals surface area contributed by atoms with E-state index in [1.54, 1.807) is 0 Å². The summed E-state index contributed by atoms with van der Waals surface area (Å²) in [4.78, 5) is 22.7. The van der Waals surface area contributed by atoms with Gasteiger partial charge in [0.2, 0.25) is 5.91 Å². The molecule has 1 aliphatic rings. The normalized spacial score (nSPS) is 18.6. The molecule has 116 valence electrons. The van der Waals surface area contributed by atoms with Gasteiger partial charge in [0, 0.05) is 19.8 Å². The van der Waals surface area contributed by atoms with Gasteiger partial charge in [0.25, 0.3) is 0 Å². The third kappa shape index (κ3) is 5.58. The van der Waals surface area contributed by atoms with Crippen molar-refractivity contribution in [2.75, 3.05) is 31.3 Å². The molecule has 9 heteroatoms. The largest absolute Gasteiger partial charge is 0.481 e. The maximum atomic E-state index is 11.9. The first kappa shape index (κ1) is 17.1. The third-order valence-corrected chi connectivity index (χ3v) is 4.02. The number of carbonyl (C=O) groups is 2. The average molecular weight is 315 g/mol. The molecule has 0 radical (unpaired) electrons. The molecule has 20 heavy (non-hydrogen) atoms. The highest BCUT2D eigenvalue weighted by Crippen LogP contribution is 2.30. The maximum Gasteiger partial charge on any atom is 0.397 e. The number of aliphatic carboxylic acids is 1. The van der Waals surface area contributed by atoms with E-state index in [0.717, 1.165) is 0 Å². The molecule has 0 bridgehead atoms. The van der Waals surface area contributed by atoms with Gasteiger partial charge in [0.05, 0.1) is 16.9 Å². The van der Waals surface area contributed by atoms with Crippen LogP contribution in [-0.2, 0) is 14.3 Å². The van der Waals surface area contributed by atoms with Gasteiger partial charge in [-0.3, -0.25) is 9.59 Å². The molecular weight excluding hydrogens is 299 g/mol. The highest BCUT2D eigenvalue weighted by Gasteiger charge is 2.40. The van der Waals surface area contributed by atoms with Gasteiger partial charge in [-0.1, -0.05) is 0 Å². The lowest BCUT2D eigenvalue weighted by molar-refractivity contribution is -0.154. The van der Waals surface area contributed by atoms with E-state index in [1.165, 1.54) is 0 Å². The van der Waals surface area contributed by atoms with Gasteiger partial charge in [-0.2, -0.15) is 13.2 Å². The molecule has 0 aromatic heterocycles. The Hall–Kier alpha value is -0.960. The van der Waals surface area contributed by atoms with E-state index in [-0.39, 0.29) is 25.1 Å². The summed E-state index contributed by atoms with van der Waals surface area (Å²) in [5.74, 6) is -3.06. The molecule has 1 aliphatic heterocycles. The van der Waals surface area contributed by atoms with Crippen molar-refractivity contribution in [3.8, 4) is 0 Å². The number of carboxylic acids is 1. The summed E-state index contributed by atoms with van der Waals surface area (Å²) in [6.45, 7) is 0.507. The van der Waals surface area contributed by atoms with E-state index in [2.05, 4.69) is 5.32 Å². The van der Waals surface area contributed by atoms with Crippen molar-refractivity contribution in [2.24, 2.45) is 5.41 Å². The molecule has 0 aliphatic carbocycles. The van der Waals surface area contributed by atoms with Crippen LogP contribution in [0.25, 0.3) is 0 Å². The minimum Gasteiger partial charge on any atom is -0.481 e. The van der Waals surface area contributed by atoms with Crippen LogP contribution < -0.4 is 5.32 Å². The second-order valence-electron chi connectivity index (χ2n) is 4.58. The van der Waals surface area contributed by atoms with Crippen molar-refractivity contribution in [3.05, 3.63) is 0 Å². The van der Waals surface area contributed by atoms with E-state index < -0.39 is 29.2 Å². The molecule has 1 rings (SSSR count). The zero-order valence-corrected chi connectivity index (χ0v) is 11.5. The Morgan fingerprint density at radius 1 is 1.30 bits per heavy atom. The number of ether oxygens (including phenoxy) is 1. The van der Waals surface area contributed by atoms with Crippen molar-refractivity contribution in [3.63, 3.8) is 0 Å². The van der Waals surface area contributed by atoms with Crippen LogP contribution in [0.1, 0.15) is 12.8 Å². The molecule has 0 saturated carbocycles. The number of alkyl halides is 3. The summed E-state index contributed by atoms with van der Waals surface area (Å²) >= 11 is 0.453. The minimum absolute atomic E-state index is 0.0862. The molecule has 1 amide bonds. The first-order chi connectivity index (χ1) is 9.25. The van der Waals surface area contributed by atoms with Crippen LogP contribution >= 0.6 is 11.8 Å². The predicted molar refractivity (Wildman–Crippen MR) is 66.5 cm³/mol.